The van der Waals surface area contributed by atoms with Gasteiger partial charge in [-0.15, -0.1) is 0 Å². The predicted octanol–water partition coefficient (Wildman–Crippen LogP) is 3.53. The number of morpholine rings is 1. The van der Waals surface area contributed by atoms with Gasteiger partial charge in [-0.1, -0.05) is 24.3 Å². The van der Waals surface area contributed by atoms with Crippen molar-refractivity contribution in [1.82, 2.24) is 9.29 Å². The van der Waals surface area contributed by atoms with Crippen LogP contribution in [-0.2, 0) is 14.8 Å². The summed E-state index contributed by atoms with van der Waals surface area (Å²) in [5, 5.41) is 2.85. The van der Waals surface area contributed by atoms with Crippen LogP contribution >= 0.6 is 0 Å². The minimum absolute atomic E-state index is 0.164. The lowest BCUT2D eigenvalue weighted by Crippen LogP contribution is -2.40. The van der Waals surface area contributed by atoms with Gasteiger partial charge in [0.25, 0.3) is 5.91 Å². The van der Waals surface area contributed by atoms with Gasteiger partial charge in [-0.2, -0.15) is 4.31 Å². The van der Waals surface area contributed by atoms with Crippen molar-refractivity contribution in [3.63, 3.8) is 0 Å². The number of aromatic nitrogens is 1. The summed E-state index contributed by atoms with van der Waals surface area (Å²) in [7, 11) is -3.59. The Hall–Kier alpha value is -3.33. The number of benzene rings is 2. The van der Waals surface area contributed by atoms with Crippen LogP contribution in [0.3, 0.4) is 0 Å². The summed E-state index contributed by atoms with van der Waals surface area (Å²) < 4.78 is 32.1. The van der Waals surface area contributed by atoms with E-state index in [1.54, 1.807) is 12.3 Å². The van der Waals surface area contributed by atoms with Gasteiger partial charge in [0.05, 0.1) is 23.8 Å². The van der Waals surface area contributed by atoms with Gasteiger partial charge in [-0.25, -0.2) is 8.42 Å². The van der Waals surface area contributed by atoms with Crippen LogP contribution in [0.25, 0.3) is 12.2 Å². The Morgan fingerprint density at radius 1 is 0.969 bits per heavy atom. The number of carbonyl (C=O) groups excluding carboxylic acids is 1. The maximum absolute atomic E-state index is 12.7. The first-order valence-electron chi connectivity index (χ1n) is 10.2. The largest absolute Gasteiger partial charge is 0.379 e. The van der Waals surface area contributed by atoms with Crippen LogP contribution in [0, 0.1) is 0 Å². The topological polar surface area (TPSA) is 88.6 Å². The van der Waals surface area contributed by atoms with Crippen molar-refractivity contribution >= 4 is 33.8 Å². The van der Waals surface area contributed by atoms with Crippen LogP contribution in [-0.4, -0.2) is 49.9 Å². The zero-order valence-corrected chi connectivity index (χ0v) is 18.2. The third-order valence-electron chi connectivity index (χ3n) is 5.00. The van der Waals surface area contributed by atoms with Gasteiger partial charge in [-0.05, 0) is 60.2 Å². The van der Waals surface area contributed by atoms with E-state index in [2.05, 4.69) is 10.3 Å². The fourth-order valence-electron chi connectivity index (χ4n) is 3.29. The molecule has 164 valence electrons. The van der Waals surface area contributed by atoms with Crippen molar-refractivity contribution in [2.75, 3.05) is 31.6 Å². The molecule has 2 aromatic carbocycles. The highest BCUT2D eigenvalue weighted by Crippen LogP contribution is 2.19. The number of anilines is 1. The number of nitrogens with one attached hydrogen (secondary N) is 1. The molecule has 0 unspecified atom stereocenters. The Morgan fingerprint density at radius 3 is 2.47 bits per heavy atom. The van der Waals surface area contributed by atoms with Crippen LogP contribution in [0.1, 0.15) is 21.6 Å². The molecule has 1 N–H and O–H groups in total. The molecule has 1 aliphatic rings. The van der Waals surface area contributed by atoms with Crippen LogP contribution in [0.4, 0.5) is 5.69 Å². The van der Waals surface area contributed by atoms with Gasteiger partial charge in [0, 0.05) is 30.5 Å². The number of nitrogens with zero attached hydrogens (tertiary/aromatic N) is 2. The summed E-state index contributed by atoms with van der Waals surface area (Å²) in [6.07, 6.45) is 5.55. The van der Waals surface area contributed by atoms with E-state index in [4.69, 9.17) is 4.74 Å². The highest BCUT2D eigenvalue weighted by molar-refractivity contribution is 7.89. The van der Waals surface area contributed by atoms with E-state index in [1.165, 1.54) is 28.6 Å². The molecule has 0 atom stereocenters. The monoisotopic (exact) mass is 449 g/mol. The predicted molar refractivity (Wildman–Crippen MR) is 124 cm³/mol. The van der Waals surface area contributed by atoms with Crippen LogP contribution in [0.15, 0.2) is 77.8 Å². The van der Waals surface area contributed by atoms with E-state index in [0.29, 0.717) is 37.6 Å². The standard InChI is InChI=1S/C24H23N3O4S/c28-24(20-8-11-23(12-9-20)32(29,30)27-14-16-31-17-15-27)26-22-6-3-4-19(18-22)7-10-21-5-1-2-13-25-21/h1-13,18H,14-17H2,(H,26,28). The Kier molecular flexibility index (Phi) is 6.75. The molecular weight excluding hydrogens is 426 g/mol. The zero-order chi connectivity index (χ0) is 22.4. The normalized spacial score (nSPS) is 15.0. The molecule has 8 heteroatoms. The molecule has 0 saturated carbocycles. The van der Waals surface area contributed by atoms with E-state index in [-0.39, 0.29) is 10.8 Å². The number of hydrogen-bond acceptors (Lipinski definition) is 5. The maximum atomic E-state index is 12.7. The maximum Gasteiger partial charge on any atom is 0.255 e. The lowest BCUT2D eigenvalue weighted by molar-refractivity contribution is 0.0730. The van der Waals surface area contributed by atoms with Crippen molar-refractivity contribution in [2.24, 2.45) is 0 Å². The van der Waals surface area contributed by atoms with E-state index in [0.717, 1.165) is 11.3 Å². The molecule has 0 radical (unpaired) electrons. The second kappa shape index (κ2) is 9.86. The van der Waals surface area contributed by atoms with Crippen LogP contribution in [0.5, 0.6) is 0 Å². The molecule has 2 heterocycles. The smallest absolute Gasteiger partial charge is 0.255 e. The molecule has 1 fully saturated rings. The molecule has 1 aliphatic heterocycles. The second-order valence-corrected chi connectivity index (χ2v) is 9.15. The number of amides is 1. The van der Waals surface area contributed by atoms with Crippen molar-refractivity contribution in [2.45, 2.75) is 4.90 Å². The lowest BCUT2D eigenvalue weighted by Gasteiger charge is -2.26. The number of hydrogen-bond donors (Lipinski definition) is 1. The van der Waals surface area contributed by atoms with E-state index in [1.807, 2.05) is 48.6 Å². The highest BCUT2D eigenvalue weighted by atomic mass is 32.2. The minimum atomic E-state index is -3.59. The van der Waals surface area contributed by atoms with Gasteiger partial charge in [0.1, 0.15) is 0 Å². The SMILES string of the molecule is O=C(Nc1cccc(C=Cc2ccccn2)c1)c1ccc(S(=O)(=O)N2CCOCC2)cc1. The first kappa shape index (κ1) is 21.9. The van der Waals surface area contributed by atoms with Crippen molar-refractivity contribution in [3.05, 3.63) is 89.7 Å². The average Bonchev–Trinajstić information content (AvgIpc) is 2.84. The average molecular weight is 450 g/mol. The van der Waals surface area contributed by atoms with Gasteiger partial charge >= 0.3 is 0 Å². The number of pyridine rings is 1. The fraction of sp³-hybridized carbons (Fsp3) is 0.167. The zero-order valence-electron chi connectivity index (χ0n) is 17.3. The molecule has 0 spiro atoms. The molecule has 4 rings (SSSR count). The number of rotatable bonds is 6. The summed E-state index contributed by atoms with van der Waals surface area (Å²) in [4.78, 5) is 17.1. The number of carbonyl (C=O) groups is 1. The third-order valence-corrected chi connectivity index (χ3v) is 6.92. The first-order chi connectivity index (χ1) is 15.5. The second-order valence-electron chi connectivity index (χ2n) is 7.21. The van der Waals surface area contributed by atoms with Crippen LogP contribution in [0.2, 0.25) is 0 Å². The van der Waals surface area contributed by atoms with Crippen molar-refractivity contribution < 1.29 is 17.9 Å². The third kappa shape index (κ3) is 5.28. The van der Waals surface area contributed by atoms with E-state index in [9.17, 15) is 13.2 Å². The van der Waals surface area contributed by atoms with E-state index < -0.39 is 10.0 Å². The van der Waals surface area contributed by atoms with Crippen molar-refractivity contribution in [1.29, 1.82) is 0 Å². The molecule has 1 saturated heterocycles. The van der Waals surface area contributed by atoms with Crippen molar-refractivity contribution in [3.8, 4) is 0 Å². The molecule has 1 amide bonds. The van der Waals surface area contributed by atoms with Crippen LogP contribution < -0.4 is 5.32 Å². The fourth-order valence-corrected chi connectivity index (χ4v) is 4.70. The Morgan fingerprint density at radius 2 is 1.75 bits per heavy atom. The minimum Gasteiger partial charge on any atom is -0.379 e. The molecule has 32 heavy (non-hydrogen) atoms. The van der Waals surface area contributed by atoms with Gasteiger partial charge in [-0.3, -0.25) is 9.78 Å². The van der Waals surface area contributed by atoms with E-state index >= 15 is 0 Å². The highest BCUT2D eigenvalue weighted by Gasteiger charge is 2.26. The quantitative estimate of drug-likeness (QED) is 0.622. The number of sulfonamides is 1. The van der Waals surface area contributed by atoms with Gasteiger partial charge in [0.2, 0.25) is 10.0 Å². The molecule has 1 aromatic heterocycles. The Balaban J connectivity index is 1.43. The molecular formula is C24H23N3O4S. The summed E-state index contributed by atoms with van der Waals surface area (Å²) in [6, 6.07) is 19.1. The molecule has 0 bridgehead atoms. The Labute approximate surface area is 187 Å². The summed E-state index contributed by atoms with van der Waals surface area (Å²) in [5.74, 6) is -0.314. The summed E-state index contributed by atoms with van der Waals surface area (Å²) in [6.45, 7) is 1.43. The lowest BCUT2D eigenvalue weighted by atomic mass is 10.1. The molecule has 0 aliphatic carbocycles. The number of ether oxygens (including phenoxy) is 1. The molecule has 7 nitrogen and oxygen atoms in total. The van der Waals surface area contributed by atoms with Gasteiger partial charge in [0.15, 0.2) is 0 Å². The Bertz CT molecular complexity index is 1200. The first-order valence-corrected chi connectivity index (χ1v) is 11.6. The van der Waals surface area contributed by atoms with Gasteiger partial charge < -0.3 is 10.1 Å². The summed E-state index contributed by atoms with van der Waals surface area (Å²) >= 11 is 0. The molecule has 3 aromatic rings. The summed E-state index contributed by atoms with van der Waals surface area (Å²) in [5.41, 5.74) is 2.78.